The molecule has 7 heteroatoms. The Hall–Kier alpha value is -3.58. The highest BCUT2D eigenvalue weighted by molar-refractivity contribution is 9.10. The first-order valence-corrected chi connectivity index (χ1v) is 13.8. The first kappa shape index (κ1) is 26.0. The fraction of sp³-hybridized carbons (Fsp3) is 0.290. The predicted molar refractivity (Wildman–Crippen MR) is 153 cm³/mol. The highest BCUT2D eigenvalue weighted by Crippen LogP contribution is 2.43. The van der Waals surface area contributed by atoms with Crippen LogP contribution >= 0.6 is 15.9 Å². The summed E-state index contributed by atoms with van der Waals surface area (Å²) >= 11 is 3.45. The van der Waals surface area contributed by atoms with E-state index in [-0.39, 0.29) is 17.1 Å². The molecule has 0 bridgehead atoms. The zero-order valence-corrected chi connectivity index (χ0v) is 23.3. The standard InChI is InChI=1S/C31H30BrNO5/c1-4-6-7-15-37-25-13-11-20(17-26(25)36-5-2)28-27-29(34)23-18-21(32)12-14-24(23)38-30(27)31(35)33(28)22-10-8-9-19(3)16-22/h8-14,16-18,28H,4-7,15H2,1-3H3. The van der Waals surface area contributed by atoms with E-state index in [1.165, 1.54) is 0 Å². The van der Waals surface area contributed by atoms with E-state index in [2.05, 4.69) is 22.9 Å². The zero-order valence-electron chi connectivity index (χ0n) is 21.8. The first-order valence-electron chi connectivity index (χ1n) is 13.0. The zero-order chi connectivity index (χ0) is 26.8. The number of aryl methyl sites for hydroxylation is 1. The summed E-state index contributed by atoms with van der Waals surface area (Å²) in [5.41, 5.74) is 2.90. The van der Waals surface area contributed by atoms with Crippen molar-refractivity contribution in [3.8, 4) is 11.5 Å². The van der Waals surface area contributed by atoms with Crippen molar-refractivity contribution in [3.05, 3.63) is 97.8 Å². The molecule has 0 fully saturated rings. The molecule has 1 unspecified atom stereocenters. The van der Waals surface area contributed by atoms with Gasteiger partial charge in [-0.25, -0.2) is 0 Å². The maximum Gasteiger partial charge on any atom is 0.295 e. The molecule has 196 valence electrons. The molecular formula is C31H30BrNO5. The Morgan fingerprint density at radius 2 is 1.79 bits per heavy atom. The van der Waals surface area contributed by atoms with E-state index in [0.717, 1.165) is 34.9 Å². The molecule has 1 aliphatic heterocycles. The van der Waals surface area contributed by atoms with Gasteiger partial charge in [-0.15, -0.1) is 0 Å². The summed E-state index contributed by atoms with van der Waals surface area (Å²) in [5.74, 6) is 0.942. The minimum atomic E-state index is -0.688. The summed E-state index contributed by atoms with van der Waals surface area (Å²) in [6.45, 7) is 7.09. The van der Waals surface area contributed by atoms with Crippen LogP contribution in [-0.2, 0) is 0 Å². The van der Waals surface area contributed by atoms with Gasteiger partial charge in [0.15, 0.2) is 16.9 Å². The number of hydrogen-bond acceptors (Lipinski definition) is 5. The Labute approximate surface area is 230 Å². The molecule has 1 aliphatic rings. The van der Waals surface area contributed by atoms with Gasteiger partial charge in [-0.05, 0) is 73.9 Å². The average molecular weight is 576 g/mol. The molecule has 38 heavy (non-hydrogen) atoms. The number of benzene rings is 3. The van der Waals surface area contributed by atoms with Crippen molar-refractivity contribution in [2.24, 2.45) is 0 Å². The molecule has 4 aromatic rings. The van der Waals surface area contributed by atoms with Gasteiger partial charge in [0.1, 0.15) is 5.58 Å². The number of ether oxygens (including phenoxy) is 2. The molecule has 0 spiro atoms. The van der Waals surface area contributed by atoms with Crippen LogP contribution in [0.5, 0.6) is 11.5 Å². The van der Waals surface area contributed by atoms with Crippen molar-refractivity contribution in [1.29, 1.82) is 0 Å². The number of nitrogens with zero attached hydrogens (tertiary/aromatic N) is 1. The number of rotatable bonds is 9. The van der Waals surface area contributed by atoms with E-state index in [1.807, 2.05) is 56.3 Å². The van der Waals surface area contributed by atoms with Crippen molar-refractivity contribution >= 4 is 38.5 Å². The lowest BCUT2D eigenvalue weighted by Crippen LogP contribution is -2.29. The Morgan fingerprint density at radius 1 is 0.947 bits per heavy atom. The monoisotopic (exact) mass is 575 g/mol. The van der Waals surface area contributed by atoms with Gasteiger partial charge >= 0.3 is 0 Å². The van der Waals surface area contributed by atoms with E-state index in [1.54, 1.807) is 23.1 Å². The summed E-state index contributed by atoms with van der Waals surface area (Å²) in [5, 5.41) is 0.419. The first-order chi connectivity index (χ1) is 18.4. The second-order valence-corrected chi connectivity index (χ2v) is 10.3. The maximum atomic E-state index is 13.9. The van der Waals surface area contributed by atoms with Gasteiger partial charge in [-0.3, -0.25) is 14.5 Å². The SMILES string of the molecule is CCCCCOc1ccc(C2c3c(oc4ccc(Br)cc4c3=O)C(=O)N2c2cccc(C)c2)cc1OCC. The second kappa shape index (κ2) is 11.0. The molecule has 0 aliphatic carbocycles. The predicted octanol–water partition coefficient (Wildman–Crippen LogP) is 7.58. The summed E-state index contributed by atoms with van der Waals surface area (Å²) in [7, 11) is 0. The molecule has 6 nitrogen and oxygen atoms in total. The molecule has 1 amide bonds. The fourth-order valence-corrected chi connectivity index (χ4v) is 5.28. The number of carbonyl (C=O) groups excluding carboxylic acids is 1. The maximum absolute atomic E-state index is 13.9. The lowest BCUT2D eigenvalue weighted by molar-refractivity contribution is 0.0971. The van der Waals surface area contributed by atoms with E-state index >= 15 is 0 Å². The van der Waals surface area contributed by atoms with Gasteiger partial charge in [0.05, 0.1) is 30.2 Å². The topological polar surface area (TPSA) is 69.0 Å². The Morgan fingerprint density at radius 3 is 2.55 bits per heavy atom. The van der Waals surface area contributed by atoms with E-state index < -0.39 is 6.04 Å². The Bertz CT molecular complexity index is 1560. The van der Waals surface area contributed by atoms with Gasteiger partial charge in [0, 0.05) is 10.2 Å². The highest BCUT2D eigenvalue weighted by atomic mass is 79.9. The van der Waals surface area contributed by atoms with Crippen LogP contribution in [0.25, 0.3) is 11.0 Å². The molecule has 3 aromatic carbocycles. The number of halogens is 1. The van der Waals surface area contributed by atoms with Crippen LogP contribution in [0.3, 0.4) is 0 Å². The summed E-state index contributed by atoms with van der Waals surface area (Å²) < 4.78 is 18.8. The molecule has 2 heterocycles. The molecule has 5 rings (SSSR count). The van der Waals surface area contributed by atoms with Gasteiger partial charge in [0.25, 0.3) is 5.91 Å². The summed E-state index contributed by atoms with van der Waals surface area (Å²) in [4.78, 5) is 29.4. The van der Waals surface area contributed by atoms with Crippen LogP contribution in [0.1, 0.15) is 66.4 Å². The van der Waals surface area contributed by atoms with Crippen LogP contribution in [0.4, 0.5) is 5.69 Å². The smallest absolute Gasteiger partial charge is 0.295 e. The quantitative estimate of drug-likeness (QED) is 0.192. The fourth-order valence-electron chi connectivity index (χ4n) is 4.92. The van der Waals surface area contributed by atoms with Crippen LogP contribution in [0.15, 0.2) is 74.3 Å². The molecule has 1 atom stereocenters. The molecule has 0 N–H and O–H groups in total. The Balaban J connectivity index is 1.68. The molecule has 0 radical (unpaired) electrons. The lowest BCUT2D eigenvalue weighted by atomic mass is 9.97. The van der Waals surface area contributed by atoms with Crippen LogP contribution < -0.4 is 19.8 Å². The van der Waals surface area contributed by atoms with Gasteiger partial charge in [0.2, 0.25) is 5.76 Å². The third-order valence-electron chi connectivity index (χ3n) is 6.70. The molecule has 0 saturated carbocycles. The minimum Gasteiger partial charge on any atom is -0.490 e. The highest BCUT2D eigenvalue weighted by Gasteiger charge is 2.44. The van der Waals surface area contributed by atoms with Gasteiger partial charge < -0.3 is 13.9 Å². The summed E-state index contributed by atoms with van der Waals surface area (Å²) in [6, 6.07) is 17.9. The van der Waals surface area contributed by atoms with Crippen LogP contribution in [-0.4, -0.2) is 19.1 Å². The largest absolute Gasteiger partial charge is 0.490 e. The van der Waals surface area contributed by atoms with Crippen LogP contribution in [0.2, 0.25) is 0 Å². The molecular weight excluding hydrogens is 546 g/mol. The Kier molecular flexibility index (Phi) is 7.56. The molecule has 0 saturated heterocycles. The number of amides is 1. The van der Waals surface area contributed by atoms with Crippen molar-refractivity contribution < 1.29 is 18.7 Å². The number of fused-ring (bicyclic) bond motifs is 2. The van der Waals surface area contributed by atoms with Crippen molar-refractivity contribution in [3.63, 3.8) is 0 Å². The summed E-state index contributed by atoms with van der Waals surface area (Å²) in [6.07, 6.45) is 3.16. The second-order valence-electron chi connectivity index (χ2n) is 9.43. The van der Waals surface area contributed by atoms with E-state index in [0.29, 0.717) is 46.9 Å². The van der Waals surface area contributed by atoms with Gasteiger partial charge in [-0.2, -0.15) is 0 Å². The number of unbranched alkanes of at least 4 members (excludes halogenated alkanes) is 2. The minimum absolute atomic E-state index is 0.0641. The van der Waals surface area contributed by atoms with Crippen LogP contribution in [0, 0.1) is 6.92 Å². The van der Waals surface area contributed by atoms with E-state index in [9.17, 15) is 9.59 Å². The number of hydrogen-bond donors (Lipinski definition) is 0. The van der Waals surface area contributed by atoms with Gasteiger partial charge in [-0.1, -0.05) is 53.9 Å². The number of carbonyl (C=O) groups is 1. The normalized spacial score (nSPS) is 14.7. The van der Waals surface area contributed by atoms with Crippen molar-refractivity contribution in [2.75, 3.05) is 18.1 Å². The average Bonchev–Trinajstić information content (AvgIpc) is 3.20. The van der Waals surface area contributed by atoms with Crippen molar-refractivity contribution in [2.45, 2.75) is 46.1 Å². The molecule has 1 aromatic heterocycles. The third-order valence-corrected chi connectivity index (χ3v) is 7.19. The van der Waals surface area contributed by atoms with E-state index in [4.69, 9.17) is 13.9 Å². The van der Waals surface area contributed by atoms with Crippen molar-refractivity contribution in [1.82, 2.24) is 0 Å². The number of anilines is 1. The lowest BCUT2D eigenvalue weighted by Gasteiger charge is -2.26. The third kappa shape index (κ3) is 4.83.